The first-order valence-corrected chi connectivity index (χ1v) is 10.3. The first-order valence-electron chi connectivity index (χ1n) is 8.90. The van der Waals surface area contributed by atoms with Gasteiger partial charge in [0.1, 0.15) is 11.9 Å². The third kappa shape index (κ3) is 2.91. The van der Waals surface area contributed by atoms with Crippen molar-refractivity contribution >= 4 is 26.5 Å². The van der Waals surface area contributed by atoms with E-state index in [-0.39, 0.29) is 21.4 Å². The fourth-order valence-corrected chi connectivity index (χ4v) is 5.05. The van der Waals surface area contributed by atoms with Crippen LogP contribution in [0.25, 0.3) is 16.5 Å². The minimum absolute atomic E-state index is 0.0810. The van der Waals surface area contributed by atoms with Crippen LogP contribution in [0.3, 0.4) is 0 Å². The molecular formula is C21H18FN3O2S. The lowest BCUT2D eigenvalue weighted by Crippen LogP contribution is -2.22. The first-order chi connectivity index (χ1) is 13.4. The largest absolute Gasteiger partial charge is 0.313 e. The van der Waals surface area contributed by atoms with Gasteiger partial charge in [-0.2, -0.15) is 5.26 Å². The Morgan fingerprint density at radius 3 is 2.57 bits per heavy atom. The second-order valence-corrected chi connectivity index (χ2v) is 8.55. The van der Waals surface area contributed by atoms with Gasteiger partial charge in [-0.25, -0.2) is 16.8 Å². The topological polar surface area (TPSA) is 74.9 Å². The summed E-state index contributed by atoms with van der Waals surface area (Å²) in [5.41, 5.74) is 2.35. The fraction of sp³-hybridized carbons (Fsp3) is 0.190. The van der Waals surface area contributed by atoms with Gasteiger partial charge in [0.2, 0.25) is 0 Å². The predicted octanol–water partition coefficient (Wildman–Crippen LogP) is 3.57. The summed E-state index contributed by atoms with van der Waals surface area (Å²) in [6, 6.07) is 12.5. The van der Waals surface area contributed by atoms with E-state index in [0.717, 1.165) is 15.1 Å². The van der Waals surface area contributed by atoms with Gasteiger partial charge in [0.05, 0.1) is 21.7 Å². The van der Waals surface area contributed by atoms with Gasteiger partial charge >= 0.3 is 0 Å². The lowest BCUT2D eigenvalue weighted by Gasteiger charge is -2.18. The van der Waals surface area contributed by atoms with Crippen molar-refractivity contribution in [1.29, 1.82) is 5.26 Å². The second kappa shape index (κ2) is 6.89. The van der Waals surface area contributed by atoms with Crippen LogP contribution in [0.15, 0.2) is 53.4 Å². The SMILES string of the molecule is Cc1ccc(S(=O)(=O)n2c(C3=CCNCC3)cc3c(F)ccc(C#N)c32)cc1. The number of nitrogens with zero attached hydrogens (tertiary/aromatic N) is 2. The Balaban J connectivity index is 2.10. The number of nitrogens with one attached hydrogen (secondary N) is 1. The zero-order chi connectivity index (χ0) is 19.9. The molecule has 4 rings (SSSR count). The summed E-state index contributed by atoms with van der Waals surface area (Å²) < 4.78 is 42.8. The molecule has 0 spiro atoms. The molecule has 1 N–H and O–H groups in total. The zero-order valence-electron chi connectivity index (χ0n) is 15.2. The van der Waals surface area contributed by atoms with Crippen molar-refractivity contribution in [2.45, 2.75) is 18.2 Å². The van der Waals surface area contributed by atoms with Crippen molar-refractivity contribution in [2.24, 2.45) is 0 Å². The Morgan fingerprint density at radius 2 is 1.93 bits per heavy atom. The molecule has 7 heteroatoms. The van der Waals surface area contributed by atoms with Crippen LogP contribution in [0.5, 0.6) is 0 Å². The number of fused-ring (bicyclic) bond motifs is 1. The minimum Gasteiger partial charge on any atom is -0.313 e. The normalized spacial score (nSPS) is 14.7. The number of halogens is 1. The number of hydrogen-bond acceptors (Lipinski definition) is 4. The molecule has 0 radical (unpaired) electrons. The van der Waals surface area contributed by atoms with E-state index in [1.165, 1.54) is 30.3 Å². The van der Waals surface area contributed by atoms with Crippen molar-refractivity contribution in [3.8, 4) is 6.07 Å². The molecule has 0 atom stereocenters. The van der Waals surface area contributed by atoms with Crippen LogP contribution < -0.4 is 5.32 Å². The Hall–Kier alpha value is -2.95. The highest BCUT2D eigenvalue weighted by Crippen LogP contribution is 2.34. The van der Waals surface area contributed by atoms with Crippen molar-refractivity contribution in [2.75, 3.05) is 13.1 Å². The van der Waals surface area contributed by atoms with Crippen LogP contribution in [0, 0.1) is 24.1 Å². The van der Waals surface area contributed by atoms with Gasteiger partial charge in [-0.05, 0) is 55.8 Å². The number of nitriles is 1. The second-order valence-electron chi connectivity index (χ2n) is 6.76. The van der Waals surface area contributed by atoms with E-state index < -0.39 is 15.8 Å². The van der Waals surface area contributed by atoms with E-state index >= 15 is 0 Å². The third-order valence-corrected chi connectivity index (χ3v) is 6.67. The van der Waals surface area contributed by atoms with Crippen molar-refractivity contribution in [1.82, 2.24) is 9.29 Å². The smallest absolute Gasteiger partial charge is 0.268 e. The summed E-state index contributed by atoms with van der Waals surface area (Å²) in [4.78, 5) is 0.0968. The Kier molecular flexibility index (Phi) is 4.53. The quantitative estimate of drug-likeness (QED) is 0.736. The number of aromatic nitrogens is 1. The highest BCUT2D eigenvalue weighted by atomic mass is 32.2. The fourth-order valence-electron chi connectivity index (χ4n) is 3.49. The number of rotatable bonds is 3. The highest BCUT2D eigenvalue weighted by Gasteiger charge is 2.28. The Morgan fingerprint density at radius 1 is 1.18 bits per heavy atom. The van der Waals surface area contributed by atoms with Crippen molar-refractivity contribution < 1.29 is 12.8 Å². The Bertz CT molecular complexity index is 1250. The molecule has 28 heavy (non-hydrogen) atoms. The molecule has 0 saturated heterocycles. The van der Waals surface area contributed by atoms with Gasteiger partial charge in [0.25, 0.3) is 10.0 Å². The molecular weight excluding hydrogens is 377 g/mol. The highest BCUT2D eigenvalue weighted by molar-refractivity contribution is 7.90. The summed E-state index contributed by atoms with van der Waals surface area (Å²) in [5.74, 6) is -0.553. The monoisotopic (exact) mass is 395 g/mol. The van der Waals surface area contributed by atoms with Gasteiger partial charge in [0, 0.05) is 11.9 Å². The van der Waals surface area contributed by atoms with Crippen LogP contribution >= 0.6 is 0 Å². The molecule has 1 aliphatic rings. The maximum absolute atomic E-state index is 14.6. The lowest BCUT2D eigenvalue weighted by molar-refractivity contribution is 0.588. The summed E-state index contributed by atoms with van der Waals surface area (Å²) in [6.07, 6.45) is 2.52. The summed E-state index contributed by atoms with van der Waals surface area (Å²) >= 11 is 0. The molecule has 5 nitrogen and oxygen atoms in total. The number of benzene rings is 2. The first kappa shape index (κ1) is 18.4. The molecule has 0 bridgehead atoms. The molecule has 2 aromatic carbocycles. The molecule has 2 heterocycles. The average molecular weight is 395 g/mol. The van der Waals surface area contributed by atoms with Crippen LogP contribution in [0.2, 0.25) is 0 Å². The molecule has 142 valence electrons. The molecule has 1 aliphatic heterocycles. The average Bonchev–Trinajstić information content (AvgIpc) is 3.12. The maximum Gasteiger partial charge on any atom is 0.268 e. The van der Waals surface area contributed by atoms with Crippen LogP contribution in [-0.4, -0.2) is 25.5 Å². The van der Waals surface area contributed by atoms with Gasteiger partial charge in [-0.15, -0.1) is 0 Å². The summed E-state index contributed by atoms with van der Waals surface area (Å²) in [7, 11) is -4.03. The van der Waals surface area contributed by atoms with E-state index in [1.54, 1.807) is 12.1 Å². The number of hydrogen-bond donors (Lipinski definition) is 1. The van der Waals surface area contributed by atoms with Crippen molar-refractivity contribution in [3.63, 3.8) is 0 Å². The van der Waals surface area contributed by atoms with Gasteiger partial charge in [0.15, 0.2) is 0 Å². The molecule has 3 aromatic rings. The number of aryl methyl sites for hydroxylation is 1. The lowest BCUT2D eigenvalue weighted by atomic mass is 10.1. The van der Waals surface area contributed by atoms with Gasteiger partial charge < -0.3 is 5.32 Å². The van der Waals surface area contributed by atoms with Crippen molar-refractivity contribution in [3.05, 3.63) is 71.2 Å². The van der Waals surface area contributed by atoms with Crippen LogP contribution in [0.1, 0.15) is 23.2 Å². The summed E-state index contributed by atoms with van der Waals surface area (Å²) in [6.45, 7) is 3.18. The zero-order valence-corrected chi connectivity index (χ0v) is 16.1. The minimum atomic E-state index is -4.03. The molecule has 0 aliphatic carbocycles. The Labute approximate surface area is 162 Å². The van der Waals surface area contributed by atoms with Crippen LogP contribution in [0.4, 0.5) is 4.39 Å². The third-order valence-electron chi connectivity index (χ3n) is 4.94. The molecule has 1 aromatic heterocycles. The maximum atomic E-state index is 14.6. The van der Waals surface area contributed by atoms with E-state index in [1.807, 2.05) is 19.1 Å². The van der Waals surface area contributed by atoms with E-state index in [9.17, 15) is 18.1 Å². The van der Waals surface area contributed by atoms with Crippen LogP contribution in [-0.2, 0) is 10.0 Å². The van der Waals surface area contributed by atoms with Gasteiger partial charge in [-0.1, -0.05) is 23.8 Å². The van der Waals surface area contributed by atoms with E-state index in [0.29, 0.717) is 25.2 Å². The van der Waals surface area contributed by atoms with E-state index in [2.05, 4.69) is 5.32 Å². The molecule has 0 amide bonds. The predicted molar refractivity (Wildman–Crippen MR) is 106 cm³/mol. The van der Waals surface area contributed by atoms with E-state index in [4.69, 9.17) is 0 Å². The molecule has 0 unspecified atom stereocenters. The molecule has 0 saturated carbocycles. The molecule has 0 fully saturated rings. The van der Waals surface area contributed by atoms with Gasteiger partial charge in [-0.3, -0.25) is 0 Å². The summed E-state index contributed by atoms with van der Waals surface area (Å²) in [5, 5.41) is 12.9. The standard InChI is InChI=1S/C21H18FN3O2S/c1-14-2-5-17(6-3-14)28(26,27)25-20(15-8-10-24-11-9-15)12-18-19(22)7-4-16(13-23)21(18)25/h2-8,12,24H,9-11H2,1H3.